The predicted molar refractivity (Wildman–Crippen MR) is 95.9 cm³/mol. The van der Waals surface area contributed by atoms with E-state index in [0.717, 1.165) is 19.3 Å². The summed E-state index contributed by atoms with van der Waals surface area (Å²) in [7, 11) is 0. The quantitative estimate of drug-likeness (QED) is 0.415. The van der Waals surface area contributed by atoms with Gasteiger partial charge in [-0.25, -0.2) is 4.79 Å². The van der Waals surface area contributed by atoms with Gasteiger partial charge in [-0.15, -0.1) is 0 Å². The lowest BCUT2D eigenvalue weighted by Crippen LogP contribution is -2.12. The van der Waals surface area contributed by atoms with Crippen molar-refractivity contribution >= 4 is 17.8 Å². The molecule has 1 aliphatic carbocycles. The number of benzene rings is 2. The molecule has 0 N–H and O–H groups in total. The number of ether oxygens (including phenoxy) is 2. The van der Waals surface area contributed by atoms with E-state index < -0.39 is 12.6 Å². The Morgan fingerprint density at radius 1 is 1.04 bits per heavy atom. The van der Waals surface area contributed by atoms with Crippen LogP contribution in [-0.2, 0) is 22.4 Å². The number of fused-ring (bicyclic) bond motifs is 1. The van der Waals surface area contributed by atoms with Crippen LogP contribution in [0.25, 0.3) is 6.08 Å². The Bertz CT molecular complexity index is 857. The molecule has 0 aromatic heterocycles. The number of hydrogen-bond donors (Lipinski definition) is 0. The molecule has 27 heavy (non-hydrogen) atoms. The van der Waals surface area contributed by atoms with Crippen LogP contribution in [-0.4, -0.2) is 25.0 Å². The summed E-state index contributed by atoms with van der Waals surface area (Å²) in [5.74, 6) is -0.873. The number of alkyl halides is 2. The molecule has 0 aliphatic heterocycles. The highest BCUT2D eigenvalue weighted by atomic mass is 19.3. The Kier molecular flexibility index (Phi) is 5.96. The highest BCUT2D eigenvalue weighted by Crippen LogP contribution is 2.23. The first kappa shape index (κ1) is 18.8. The molecule has 0 saturated heterocycles. The number of rotatable bonds is 7. The van der Waals surface area contributed by atoms with E-state index in [9.17, 15) is 18.4 Å². The van der Waals surface area contributed by atoms with Crippen molar-refractivity contribution in [1.82, 2.24) is 0 Å². The van der Waals surface area contributed by atoms with Gasteiger partial charge in [-0.05, 0) is 60.2 Å². The molecule has 4 nitrogen and oxygen atoms in total. The summed E-state index contributed by atoms with van der Waals surface area (Å²) in [6, 6.07) is 11.4. The molecule has 0 heterocycles. The third-order valence-electron chi connectivity index (χ3n) is 4.28. The molecule has 2 aromatic rings. The van der Waals surface area contributed by atoms with Gasteiger partial charge in [0.25, 0.3) is 0 Å². The summed E-state index contributed by atoms with van der Waals surface area (Å²) in [5.41, 5.74) is 3.61. The van der Waals surface area contributed by atoms with E-state index in [0.29, 0.717) is 11.1 Å². The Balaban J connectivity index is 1.50. The summed E-state index contributed by atoms with van der Waals surface area (Å²) in [5, 5.41) is 0. The normalized spacial score (nSPS) is 13.0. The van der Waals surface area contributed by atoms with Gasteiger partial charge in [-0.1, -0.05) is 24.3 Å². The van der Waals surface area contributed by atoms with Crippen molar-refractivity contribution in [2.24, 2.45) is 0 Å². The van der Waals surface area contributed by atoms with Gasteiger partial charge in [-0.3, -0.25) is 4.79 Å². The van der Waals surface area contributed by atoms with Crippen molar-refractivity contribution in [2.75, 3.05) is 6.61 Å². The molecule has 0 atom stereocenters. The SMILES string of the molecule is O=C(/C=C/c1ccc(OC(F)F)cc1)OCC(=O)c1ccc2c(c1)CCC2. The van der Waals surface area contributed by atoms with E-state index in [1.54, 1.807) is 6.07 Å². The molecule has 0 amide bonds. The van der Waals surface area contributed by atoms with Crippen molar-refractivity contribution in [1.29, 1.82) is 0 Å². The van der Waals surface area contributed by atoms with Crippen LogP contribution < -0.4 is 4.74 Å². The number of Topliss-reactive ketones (excluding diaryl/α,β-unsaturated/α-hetero) is 1. The van der Waals surface area contributed by atoms with Crippen molar-refractivity contribution in [3.63, 3.8) is 0 Å². The van der Waals surface area contributed by atoms with Crippen LogP contribution in [0.4, 0.5) is 8.78 Å². The van der Waals surface area contributed by atoms with E-state index in [-0.39, 0.29) is 18.1 Å². The minimum Gasteiger partial charge on any atom is -0.454 e. The van der Waals surface area contributed by atoms with Crippen molar-refractivity contribution < 1.29 is 27.8 Å². The van der Waals surface area contributed by atoms with Crippen LogP contribution in [0.5, 0.6) is 5.75 Å². The average Bonchev–Trinajstić information content (AvgIpc) is 3.13. The fourth-order valence-electron chi connectivity index (χ4n) is 2.94. The smallest absolute Gasteiger partial charge is 0.387 e. The second kappa shape index (κ2) is 8.58. The number of hydrogen-bond acceptors (Lipinski definition) is 4. The lowest BCUT2D eigenvalue weighted by atomic mass is 10.0. The maximum atomic E-state index is 12.2. The first-order chi connectivity index (χ1) is 13.0. The summed E-state index contributed by atoms with van der Waals surface area (Å²) in [6.07, 6.45) is 5.76. The zero-order valence-electron chi connectivity index (χ0n) is 14.5. The average molecular weight is 372 g/mol. The Labute approximate surface area is 155 Å². The number of carbonyl (C=O) groups is 2. The Morgan fingerprint density at radius 2 is 1.78 bits per heavy atom. The fraction of sp³-hybridized carbons (Fsp3) is 0.238. The van der Waals surface area contributed by atoms with Crippen molar-refractivity contribution in [2.45, 2.75) is 25.9 Å². The highest BCUT2D eigenvalue weighted by molar-refractivity contribution is 5.99. The predicted octanol–water partition coefficient (Wildman–Crippen LogP) is 4.22. The van der Waals surface area contributed by atoms with Crippen LogP contribution in [0.2, 0.25) is 0 Å². The first-order valence-electron chi connectivity index (χ1n) is 8.56. The molecule has 0 bridgehead atoms. The number of esters is 1. The van der Waals surface area contributed by atoms with E-state index >= 15 is 0 Å². The van der Waals surface area contributed by atoms with Gasteiger partial charge in [0, 0.05) is 11.6 Å². The van der Waals surface area contributed by atoms with Gasteiger partial charge in [-0.2, -0.15) is 8.78 Å². The van der Waals surface area contributed by atoms with E-state index in [4.69, 9.17) is 4.74 Å². The molecular formula is C21H18F2O4. The van der Waals surface area contributed by atoms with Crippen LogP contribution >= 0.6 is 0 Å². The summed E-state index contributed by atoms with van der Waals surface area (Å²) in [4.78, 5) is 23.9. The van der Waals surface area contributed by atoms with E-state index in [1.165, 1.54) is 47.5 Å². The van der Waals surface area contributed by atoms with Crippen molar-refractivity contribution in [3.05, 3.63) is 70.8 Å². The lowest BCUT2D eigenvalue weighted by molar-refractivity contribution is -0.136. The molecule has 140 valence electrons. The highest BCUT2D eigenvalue weighted by Gasteiger charge is 2.14. The summed E-state index contributed by atoms with van der Waals surface area (Å²) in [6.45, 7) is -3.21. The molecule has 0 saturated carbocycles. The summed E-state index contributed by atoms with van der Waals surface area (Å²) >= 11 is 0. The molecule has 0 spiro atoms. The topological polar surface area (TPSA) is 52.6 Å². The molecule has 1 aliphatic rings. The zero-order chi connectivity index (χ0) is 19.2. The van der Waals surface area contributed by atoms with Crippen LogP contribution in [0.15, 0.2) is 48.5 Å². The maximum Gasteiger partial charge on any atom is 0.387 e. The fourth-order valence-corrected chi connectivity index (χ4v) is 2.94. The minimum absolute atomic E-state index is 0.0321. The number of ketones is 1. The molecule has 3 rings (SSSR count). The van der Waals surface area contributed by atoms with Gasteiger partial charge in [0.1, 0.15) is 5.75 Å². The second-order valence-corrected chi connectivity index (χ2v) is 6.15. The Morgan fingerprint density at radius 3 is 2.52 bits per heavy atom. The number of halogens is 2. The van der Waals surface area contributed by atoms with E-state index in [2.05, 4.69) is 4.74 Å². The number of carbonyl (C=O) groups excluding carboxylic acids is 2. The van der Waals surface area contributed by atoms with Crippen LogP contribution in [0.3, 0.4) is 0 Å². The first-order valence-corrected chi connectivity index (χ1v) is 8.56. The largest absolute Gasteiger partial charge is 0.454 e. The third-order valence-corrected chi connectivity index (χ3v) is 4.28. The van der Waals surface area contributed by atoms with Gasteiger partial charge < -0.3 is 9.47 Å². The van der Waals surface area contributed by atoms with Crippen LogP contribution in [0, 0.1) is 0 Å². The minimum atomic E-state index is -2.88. The molecule has 0 fully saturated rings. The van der Waals surface area contributed by atoms with E-state index in [1.807, 2.05) is 12.1 Å². The molecule has 2 aromatic carbocycles. The second-order valence-electron chi connectivity index (χ2n) is 6.15. The van der Waals surface area contributed by atoms with Gasteiger partial charge >= 0.3 is 12.6 Å². The van der Waals surface area contributed by atoms with Crippen LogP contribution in [0.1, 0.15) is 33.5 Å². The molecular weight excluding hydrogens is 354 g/mol. The van der Waals surface area contributed by atoms with Gasteiger partial charge in [0.2, 0.25) is 0 Å². The van der Waals surface area contributed by atoms with Gasteiger partial charge in [0.05, 0.1) is 0 Å². The monoisotopic (exact) mass is 372 g/mol. The number of aryl methyl sites for hydroxylation is 2. The molecule has 0 radical (unpaired) electrons. The zero-order valence-corrected chi connectivity index (χ0v) is 14.5. The standard InChI is InChI=1S/C21H18F2O4/c22-21(23)27-18-9-4-14(5-10-18)6-11-20(25)26-13-19(24)17-8-7-15-2-1-3-16(15)12-17/h4-12,21H,1-3,13H2/b11-6+. The third kappa shape index (κ3) is 5.23. The summed E-state index contributed by atoms with van der Waals surface area (Å²) < 4.78 is 33.4. The molecule has 6 heteroatoms. The Hall–Kier alpha value is -3.02. The maximum absolute atomic E-state index is 12.2. The molecule has 0 unspecified atom stereocenters. The van der Waals surface area contributed by atoms with Crippen molar-refractivity contribution in [3.8, 4) is 5.75 Å². The lowest BCUT2D eigenvalue weighted by Gasteiger charge is -2.05. The van der Waals surface area contributed by atoms with Gasteiger partial charge in [0.15, 0.2) is 12.4 Å².